The zero-order chi connectivity index (χ0) is 11.5. The van der Waals surface area contributed by atoms with E-state index in [4.69, 9.17) is 4.74 Å². The quantitative estimate of drug-likeness (QED) is 0.739. The maximum atomic E-state index is 11.4. The van der Waals surface area contributed by atoms with Gasteiger partial charge in [-0.25, -0.2) is 0 Å². The number of rotatable bonds is 3. The van der Waals surface area contributed by atoms with Gasteiger partial charge in [-0.15, -0.1) is 0 Å². The molecule has 0 saturated heterocycles. The summed E-state index contributed by atoms with van der Waals surface area (Å²) in [5, 5.41) is 12.6. The highest BCUT2D eigenvalue weighted by molar-refractivity contribution is 5.82. The first-order chi connectivity index (χ1) is 7.72. The predicted octanol–water partition coefficient (Wildman–Crippen LogP) is 0.757. The van der Waals surface area contributed by atoms with Crippen LogP contribution in [0.5, 0.6) is 0 Å². The van der Waals surface area contributed by atoms with Crippen molar-refractivity contribution in [1.82, 2.24) is 0 Å². The highest BCUT2D eigenvalue weighted by Gasteiger charge is 2.28. The minimum atomic E-state index is -0.873. The molecule has 0 spiro atoms. The molecule has 0 radical (unpaired) electrons. The summed E-state index contributed by atoms with van der Waals surface area (Å²) < 4.78 is 4.85. The first-order valence-corrected chi connectivity index (χ1v) is 5.18. The number of esters is 1. The van der Waals surface area contributed by atoms with E-state index in [1.807, 2.05) is 24.3 Å². The summed E-state index contributed by atoms with van der Waals surface area (Å²) in [5.74, 6) is -0.347. The fourth-order valence-corrected chi connectivity index (χ4v) is 1.71. The SMILES string of the molecule is CCOC(=O)CN1c2ccccc2NC1O. The van der Waals surface area contributed by atoms with Gasteiger partial charge in [-0.05, 0) is 19.1 Å². The fourth-order valence-electron chi connectivity index (χ4n) is 1.71. The van der Waals surface area contributed by atoms with Gasteiger partial charge in [0.25, 0.3) is 0 Å². The van der Waals surface area contributed by atoms with Crippen molar-refractivity contribution in [3.8, 4) is 0 Å². The summed E-state index contributed by atoms with van der Waals surface area (Å²) in [4.78, 5) is 12.9. The predicted molar refractivity (Wildman–Crippen MR) is 60.1 cm³/mol. The zero-order valence-corrected chi connectivity index (χ0v) is 9.01. The van der Waals surface area contributed by atoms with Crippen molar-refractivity contribution < 1.29 is 14.6 Å². The van der Waals surface area contributed by atoms with Crippen molar-refractivity contribution in [3.63, 3.8) is 0 Å². The van der Waals surface area contributed by atoms with E-state index in [-0.39, 0.29) is 12.5 Å². The van der Waals surface area contributed by atoms with Gasteiger partial charge in [0.05, 0.1) is 18.0 Å². The standard InChI is InChI=1S/C11H14N2O3/c1-2-16-10(14)7-13-9-6-4-3-5-8(9)12-11(13)15/h3-6,11-12,15H,2,7H2,1H3. The number of anilines is 2. The molecule has 1 aliphatic heterocycles. The number of aliphatic hydroxyl groups excluding tert-OH is 1. The van der Waals surface area contributed by atoms with Crippen LogP contribution in [0.3, 0.4) is 0 Å². The largest absolute Gasteiger partial charge is 0.465 e. The molecule has 1 atom stereocenters. The van der Waals surface area contributed by atoms with Crippen molar-refractivity contribution in [3.05, 3.63) is 24.3 Å². The van der Waals surface area contributed by atoms with Gasteiger partial charge in [0.2, 0.25) is 6.35 Å². The van der Waals surface area contributed by atoms with Crippen LogP contribution in [0.15, 0.2) is 24.3 Å². The summed E-state index contributed by atoms with van der Waals surface area (Å²) in [5.41, 5.74) is 1.63. The third kappa shape index (κ3) is 1.94. The highest BCUT2D eigenvalue weighted by atomic mass is 16.5. The van der Waals surface area contributed by atoms with E-state index in [9.17, 15) is 9.90 Å². The lowest BCUT2D eigenvalue weighted by molar-refractivity contribution is -0.141. The molecule has 5 heteroatoms. The number of para-hydroxylation sites is 2. The summed E-state index contributed by atoms with van der Waals surface area (Å²) >= 11 is 0. The van der Waals surface area contributed by atoms with Gasteiger partial charge >= 0.3 is 5.97 Å². The average Bonchev–Trinajstić information content (AvgIpc) is 2.56. The minimum Gasteiger partial charge on any atom is -0.465 e. The maximum Gasteiger partial charge on any atom is 0.325 e. The molecule has 0 aromatic heterocycles. The van der Waals surface area contributed by atoms with Gasteiger partial charge in [-0.2, -0.15) is 0 Å². The van der Waals surface area contributed by atoms with E-state index in [0.29, 0.717) is 6.61 Å². The molecule has 0 fully saturated rings. The van der Waals surface area contributed by atoms with Crippen LogP contribution in [0.1, 0.15) is 6.92 Å². The minimum absolute atomic E-state index is 0.0407. The number of ether oxygens (including phenoxy) is 1. The third-order valence-corrected chi connectivity index (χ3v) is 2.40. The van der Waals surface area contributed by atoms with Gasteiger partial charge in [-0.1, -0.05) is 12.1 Å². The molecule has 0 bridgehead atoms. The molecule has 0 amide bonds. The van der Waals surface area contributed by atoms with Crippen LogP contribution in [0, 0.1) is 0 Å². The van der Waals surface area contributed by atoms with Crippen molar-refractivity contribution >= 4 is 17.3 Å². The average molecular weight is 222 g/mol. The lowest BCUT2D eigenvalue weighted by Gasteiger charge is -2.21. The third-order valence-electron chi connectivity index (χ3n) is 2.40. The molecule has 1 aromatic carbocycles. The van der Waals surface area contributed by atoms with Crippen LogP contribution >= 0.6 is 0 Å². The molecular formula is C11H14N2O3. The van der Waals surface area contributed by atoms with Crippen LogP contribution in [-0.4, -0.2) is 30.6 Å². The Labute approximate surface area is 93.6 Å². The monoisotopic (exact) mass is 222 g/mol. The Morgan fingerprint density at radius 3 is 3.06 bits per heavy atom. The molecular weight excluding hydrogens is 208 g/mol. The molecule has 0 saturated carbocycles. The summed E-state index contributed by atoms with van der Waals surface area (Å²) in [6.07, 6.45) is -0.873. The fraction of sp³-hybridized carbons (Fsp3) is 0.364. The second-order valence-corrected chi connectivity index (χ2v) is 3.47. The van der Waals surface area contributed by atoms with Crippen molar-refractivity contribution in [2.24, 2.45) is 0 Å². The number of fused-ring (bicyclic) bond motifs is 1. The molecule has 86 valence electrons. The van der Waals surface area contributed by atoms with Gasteiger partial charge in [0, 0.05) is 0 Å². The van der Waals surface area contributed by atoms with E-state index in [1.165, 1.54) is 0 Å². The Morgan fingerprint density at radius 1 is 1.56 bits per heavy atom. The molecule has 1 heterocycles. The van der Waals surface area contributed by atoms with Crippen molar-refractivity contribution in [2.75, 3.05) is 23.4 Å². The van der Waals surface area contributed by atoms with E-state index in [2.05, 4.69) is 5.32 Å². The molecule has 1 aliphatic rings. The van der Waals surface area contributed by atoms with E-state index < -0.39 is 6.35 Å². The number of hydrogen-bond donors (Lipinski definition) is 2. The molecule has 0 aliphatic carbocycles. The summed E-state index contributed by atoms with van der Waals surface area (Å²) in [7, 11) is 0. The first kappa shape index (κ1) is 10.8. The van der Waals surface area contributed by atoms with Crippen LogP contribution in [0.4, 0.5) is 11.4 Å². The highest BCUT2D eigenvalue weighted by Crippen LogP contribution is 2.32. The van der Waals surface area contributed by atoms with Gasteiger partial charge in [-0.3, -0.25) is 4.79 Å². The number of hydrogen-bond acceptors (Lipinski definition) is 5. The molecule has 5 nitrogen and oxygen atoms in total. The Hall–Kier alpha value is -1.75. The number of nitrogens with zero attached hydrogens (tertiary/aromatic N) is 1. The molecule has 1 unspecified atom stereocenters. The Kier molecular flexibility index (Phi) is 2.96. The lowest BCUT2D eigenvalue weighted by atomic mass is 10.2. The second kappa shape index (κ2) is 4.40. The number of nitrogens with one attached hydrogen (secondary N) is 1. The molecule has 16 heavy (non-hydrogen) atoms. The summed E-state index contributed by atoms with van der Waals surface area (Å²) in [6.45, 7) is 2.14. The van der Waals surface area contributed by atoms with E-state index >= 15 is 0 Å². The number of carbonyl (C=O) groups is 1. The zero-order valence-electron chi connectivity index (χ0n) is 9.01. The van der Waals surface area contributed by atoms with E-state index in [0.717, 1.165) is 11.4 Å². The number of aliphatic hydroxyl groups is 1. The molecule has 1 aromatic rings. The lowest BCUT2D eigenvalue weighted by Crippen LogP contribution is -2.39. The van der Waals surface area contributed by atoms with Crippen LogP contribution < -0.4 is 10.2 Å². The number of carbonyl (C=O) groups excluding carboxylic acids is 1. The van der Waals surface area contributed by atoms with E-state index in [1.54, 1.807) is 11.8 Å². The Bertz CT molecular complexity index is 395. The Morgan fingerprint density at radius 2 is 2.31 bits per heavy atom. The van der Waals surface area contributed by atoms with Crippen LogP contribution in [-0.2, 0) is 9.53 Å². The molecule has 2 N–H and O–H groups in total. The smallest absolute Gasteiger partial charge is 0.325 e. The summed E-state index contributed by atoms with van der Waals surface area (Å²) in [6, 6.07) is 7.42. The second-order valence-electron chi connectivity index (χ2n) is 3.47. The normalized spacial score (nSPS) is 17.9. The Balaban J connectivity index is 2.13. The van der Waals surface area contributed by atoms with Crippen LogP contribution in [0.2, 0.25) is 0 Å². The van der Waals surface area contributed by atoms with Gasteiger partial charge in [0.15, 0.2) is 0 Å². The van der Waals surface area contributed by atoms with Crippen molar-refractivity contribution in [2.45, 2.75) is 13.3 Å². The number of benzene rings is 1. The topological polar surface area (TPSA) is 61.8 Å². The van der Waals surface area contributed by atoms with Crippen molar-refractivity contribution in [1.29, 1.82) is 0 Å². The van der Waals surface area contributed by atoms with Gasteiger partial charge in [0.1, 0.15) is 6.54 Å². The van der Waals surface area contributed by atoms with Gasteiger partial charge < -0.3 is 20.1 Å². The van der Waals surface area contributed by atoms with Crippen LogP contribution in [0.25, 0.3) is 0 Å². The first-order valence-electron chi connectivity index (χ1n) is 5.18. The maximum absolute atomic E-state index is 11.4. The molecule has 2 rings (SSSR count).